The highest BCUT2D eigenvalue weighted by atomic mass is 79.9. The lowest BCUT2D eigenvalue weighted by molar-refractivity contribution is 0.0769. The van der Waals surface area contributed by atoms with Crippen molar-refractivity contribution in [1.82, 2.24) is 4.90 Å². The van der Waals surface area contributed by atoms with E-state index >= 15 is 0 Å². The van der Waals surface area contributed by atoms with Crippen molar-refractivity contribution in [3.8, 4) is 5.75 Å². The fourth-order valence-electron chi connectivity index (χ4n) is 1.50. The number of amides is 1. The fraction of sp³-hybridized carbons (Fsp3) is 0.462. The number of rotatable bonds is 5. The minimum absolute atomic E-state index is 0.0704. The number of ether oxygens (including phenoxy) is 1. The first-order valence-corrected chi connectivity index (χ1v) is 6.52. The molecule has 0 aromatic heterocycles. The third kappa shape index (κ3) is 3.99. The third-order valence-corrected chi connectivity index (χ3v) is 3.25. The molecule has 1 rings (SSSR count). The summed E-state index contributed by atoms with van der Waals surface area (Å²) in [6, 6.07) is 5.21. The van der Waals surface area contributed by atoms with Crippen LogP contribution >= 0.6 is 15.9 Å². The summed E-state index contributed by atoms with van der Waals surface area (Å²) in [6.07, 6.45) is 0.169. The molecule has 0 aliphatic heterocycles. The largest absolute Gasteiger partial charge is 0.496 e. The molecule has 0 saturated carbocycles. The van der Waals surface area contributed by atoms with Crippen molar-refractivity contribution < 1.29 is 14.6 Å². The van der Waals surface area contributed by atoms with Crippen LogP contribution in [0.15, 0.2) is 22.7 Å². The molecule has 0 aliphatic rings. The van der Waals surface area contributed by atoms with Crippen molar-refractivity contribution in [1.29, 1.82) is 0 Å². The van der Waals surface area contributed by atoms with E-state index in [2.05, 4.69) is 15.9 Å². The zero-order valence-electron chi connectivity index (χ0n) is 10.8. The number of carbonyl (C=O) groups excluding carboxylic acids is 1. The standard InChI is InChI=1S/C13H18BrNO3/c1-9(16)6-7-15(2)13(17)10-4-5-12(18-3)11(14)8-10/h4-5,8-9,16H,6-7H2,1-3H3. The van der Waals surface area contributed by atoms with Crippen molar-refractivity contribution in [2.75, 3.05) is 20.7 Å². The fourth-order valence-corrected chi connectivity index (χ4v) is 2.04. The van der Waals surface area contributed by atoms with E-state index in [9.17, 15) is 9.90 Å². The van der Waals surface area contributed by atoms with E-state index in [0.717, 1.165) is 4.47 Å². The van der Waals surface area contributed by atoms with Crippen LogP contribution in [-0.2, 0) is 0 Å². The van der Waals surface area contributed by atoms with Gasteiger partial charge in [0.25, 0.3) is 5.91 Å². The van der Waals surface area contributed by atoms with Gasteiger partial charge in [0, 0.05) is 19.2 Å². The number of hydrogen-bond acceptors (Lipinski definition) is 3. The molecular formula is C13H18BrNO3. The quantitative estimate of drug-likeness (QED) is 0.907. The lowest BCUT2D eigenvalue weighted by atomic mass is 10.2. The first-order chi connectivity index (χ1) is 8.45. The zero-order chi connectivity index (χ0) is 13.7. The Morgan fingerprint density at radius 2 is 2.22 bits per heavy atom. The van der Waals surface area contributed by atoms with E-state index in [-0.39, 0.29) is 5.91 Å². The van der Waals surface area contributed by atoms with Crippen LogP contribution in [0.5, 0.6) is 5.75 Å². The van der Waals surface area contributed by atoms with E-state index < -0.39 is 6.10 Å². The number of nitrogens with zero attached hydrogens (tertiary/aromatic N) is 1. The first-order valence-electron chi connectivity index (χ1n) is 5.72. The molecule has 0 spiro atoms. The van der Waals surface area contributed by atoms with Crippen molar-refractivity contribution in [2.24, 2.45) is 0 Å². The molecule has 1 atom stereocenters. The predicted molar refractivity (Wildman–Crippen MR) is 74.0 cm³/mol. The molecule has 100 valence electrons. The van der Waals surface area contributed by atoms with E-state index in [1.165, 1.54) is 0 Å². The minimum Gasteiger partial charge on any atom is -0.496 e. The van der Waals surface area contributed by atoms with Crippen molar-refractivity contribution >= 4 is 21.8 Å². The van der Waals surface area contributed by atoms with E-state index in [1.807, 2.05) is 0 Å². The van der Waals surface area contributed by atoms with Crippen molar-refractivity contribution in [3.05, 3.63) is 28.2 Å². The van der Waals surface area contributed by atoms with Gasteiger partial charge in [-0.3, -0.25) is 4.79 Å². The lowest BCUT2D eigenvalue weighted by Crippen LogP contribution is -2.29. The van der Waals surface area contributed by atoms with E-state index in [0.29, 0.717) is 24.3 Å². The predicted octanol–water partition coefficient (Wildman–Crippen LogP) is 2.30. The Balaban J connectivity index is 2.74. The highest BCUT2D eigenvalue weighted by Crippen LogP contribution is 2.25. The number of aliphatic hydroxyl groups excluding tert-OH is 1. The van der Waals surface area contributed by atoms with Gasteiger partial charge in [-0.05, 0) is 47.5 Å². The molecular weight excluding hydrogens is 298 g/mol. The minimum atomic E-state index is -0.400. The third-order valence-electron chi connectivity index (χ3n) is 2.63. The Bertz CT molecular complexity index is 421. The number of carbonyl (C=O) groups is 1. The van der Waals surface area contributed by atoms with Gasteiger partial charge < -0.3 is 14.7 Å². The van der Waals surface area contributed by atoms with Crippen LogP contribution in [0.25, 0.3) is 0 Å². The molecule has 1 unspecified atom stereocenters. The molecule has 1 N–H and O–H groups in total. The lowest BCUT2D eigenvalue weighted by Gasteiger charge is -2.18. The van der Waals surface area contributed by atoms with Gasteiger partial charge in [0.05, 0.1) is 17.7 Å². The first kappa shape index (κ1) is 15.0. The molecule has 1 aromatic rings. The maximum atomic E-state index is 12.1. The summed E-state index contributed by atoms with van der Waals surface area (Å²) >= 11 is 3.35. The average molecular weight is 316 g/mol. The molecule has 1 amide bonds. The highest BCUT2D eigenvalue weighted by molar-refractivity contribution is 9.10. The highest BCUT2D eigenvalue weighted by Gasteiger charge is 2.13. The molecule has 5 heteroatoms. The van der Waals surface area contributed by atoms with Gasteiger partial charge in [-0.2, -0.15) is 0 Å². The second kappa shape index (κ2) is 6.75. The van der Waals surface area contributed by atoms with Gasteiger partial charge in [0.2, 0.25) is 0 Å². The summed E-state index contributed by atoms with van der Waals surface area (Å²) in [5.41, 5.74) is 0.593. The number of halogens is 1. The molecule has 0 fully saturated rings. The van der Waals surface area contributed by atoms with Crippen LogP contribution in [0.2, 0.25) is 0 Å². The normalized spacial score (nSPS) is 12.1. The smallest absolute Gasteiger partial charge is 0.253 e. The van der Waals surface area contributed by atoms with Crippen LogP contribution in [-0.4, -0.2) is 42.7 Å². The molecule has 0 bridgehead atoms. The summed E-state index contributed by atoms with van der Waals surface area (Å²) in [6.45, 7) is 2.24. The average Bonchev–Trinajstić information content (AvgIpc) is 2.34. The summed E-state index contributed by atoms with van der Waals surface area (Å²) in [5.74, 6) is 0.622. The zero-order valence-corrected chi connectivity index (χ0v) is 12.4. The van der Waals surface area contributed by atoms with Gasteiger partial charge in [-0.1, -0.05) is 0 Å². The van der Waals surface area contributed by atoms with E-state index in [4.69, 9.17) is 4.74 Å². The van der Waals surface area contributed by atoms with Gasteiger partial charge >= 0.3 is 0 Å². The molecule has 4 nitrogen and oxygen atoms in total. The number of hydrogen-bond donors (Lipinski definition) is 1. The Morgan fingerprint density at radius 3 is 2.72 bits per heavy atom. The van der Waals surface area contributed by atoms with Gasteiger partial charge in [0.1, 0.15) is 5.75 Å². The number of aliphatic hydroxyl groups is 1. The van der Waals surface area contributed by atoms with Crippen LogP contribution in [0.3, 0.4) is 0 Å². The maximum Gasteiger partial charge on any atom is 0.253 e. The van der Waals surface area contributed by atoms with Gasteiger partial charge in [-0.15, -0.1) is 0 Å². The monoisotopic (exact) mass is 315 g/mol. The van der Waals surface area contributed by atoms with E-state index in [1.54, 1.807) is 44.2 Å². The molecule has 1 aromatic carbocycles. The molecule has 0 heterocycles. The summed E-state index contributed by atoms with van der Waals surface area (Å²) in [7, 11) is 3.30. The van der Waals surface area contributed by atoms with Crippen molar-refractivity contribution in [2.45, 2.75) is 19.4 Å². The summed E-state index contributed by atoms with van der Waals surface area (Å²) in [5, 5.41) is 9.20. The van der Waals surface area contributed by atoms with Gasteiger partial charge in [0.15, 0.2) is 0 Å². The molecule has 0 saturated heterocycles. The second-order valence-corrected chi connectivity index (χ2v) is 5.07. The second-order valence-electron chi connectivity index (χ2n) is 4.21. The summed E-state index contributed by atoms with van der Waals surface area (Å²) in [4.78, 5) is 13.7. The number of methoxy groups -OCH3 is 1. The summed E-state index contributed by atoms with van der Waals surface area (Å²) < 4.78 is 5.86. The molecule has 0 radical (unpaired) electrons. The Kier molecular flexibility index (Phi) is 5.62. The number of benzene rings is 1. The Labute approximate surface area is 116 Å². The van der Waals surface area contributed by atoms with Crippen LogP contribution in [0, 0.1) is 0 Å². The topological polar surface area (TPSA) is 49.8 Å². The van der Waals surface area contributed by atoms with Gasteiger partial charge in [-0.25, -0.2) is 0 Å². The van der Waals surface area contributed by atoms with Crippen LogP contribution in [0.4, 0.5) is 0 Å². The maximum absolute atomic E-state index is 12.1. The molecule has 18 heavy (non-hydrogen) atoms. The Morgan fingerprint density at radius 1 is 1.56 bits per heavy atom. The van der Waals surface area contributed by atoms with Crippen LogP contribution in [0.1, 0.15) is 23.7 Å². The Hall–Kier alpha value is -1.07. The van der Waals surface area contributed by atoms with Crippen molar-refractivity contribution in [3.63, 3.8) is 0 Å². The molecule has 0 aliphatic carbocycles. The SMILES string of the molecule is COc1ccc(C(=O)N(C)CCC(C)O)cc1Br. The van der Waals surface area contributed by atoms with Crippen LogP contribution < -0.4 is 4.74 Å².